The molecule has 1 N–H and O–H groups in total. The molecule has 2 aromatic rings. The van der Waals surface area contributed by atoms with Crippen molar-refractivity contribution >= 4 is 17.5 Å². The number of hydrogen-bond acceptors (Lipinski definition) is 5. The second-order valence-corrected chi connectivity index (χ2v) is 6.31. The monoisotopic (exact) mass is 371 g/mol. The number of H-pyrrole nitrogens is 1. The topological polar surface area (TPSA) is 85.5 Å². The van der Waals surface area contributed by atoms with Crippen LogP contribution in [0.25, 0.3) is 0 Å². The molecule has 144 valence electrons. The van der Waals surface area contributed by atoms with E-state index >= 15 is 0 Å². The highest BCUT2D eigenvalue weighted by atomic mass is 16.5. The quantitative estimate of drug-likeness (QED) is 0.538. The van der Waals surface area contributed by atoms with E-state index in [-0.39, 0.29) is 24.6 Å². The summed E-state index contributed by atoms with van der Waals surface area (Å²) in [7, 11) is 0. The van der Waals surface area contributed by atoms with Gasteiger partial charge in [0.15, 0.2) is 12.4 Å². The van der Waals surface area contributed by atoms with Gasteiger partial charge in [0.1, 0.15) is 5.75 Å². The third-order valence-electron chi connectivity index (χ3n) is 4.30. The van der Waals surface area contributed by atoms with Crippen LogP contribution in [0.2, 0.25) is 0 Å². The smallest absolute Gasteiger partial charge is 0.306 e. The minimum absolute atomic E-state index is 0.106. The summed E-state index contributed by atoms with van der Waals surface area (Å²) in [6, 6.07) is 7.52. The Morgan fingerprint density at radius 1 is 1.11 bits per heavy atom. The van der Waals surface area contributed by atoms with E-state index in [9.17, 15) is 14.4 Å². The van der Waals surface area contributed by atoms with Crippen molar-refractivity contribution in [2.75, 3.05) is 13.2 Å². The number of ether oxygens (including phenoxy) is 2. The normalized spacial score (nSPS) is 10.5. The fourth-order valence-electron chi connectivity index (χ4n) is 3.09. The third-order valence-corrected chi connectivity index (χ3v) is 4.30. The summed E-state index contributed by atoms with van der Waals surface area (Å²) in [5, 5.41) is 0. The van der Waals surface area contributed by atoms with Crippen LogP contribution in [0.3, 0.4) is 0 Å². The minimum Gasteiger partial charge on any atom is -0.494 e. The van der Waals surface area contributed by atoms with Gasteiger partial charge in [-0.25, -0.2) is 0 Å². The predicted molar refractivity (Wildman–Crippen MR) is 101 cm³/mol. The van der Waals surface area contributed by atoms with E-state index in [1.165, 1.54) is 6.92 Å². The highest BCUT2D eigenvalue weighted by Gasteiger charge is 2.20. The highest BCUT2D eigenvalue weighted by molar-refractivity contribution is 6.04. The molecule has 6 heteroatoms. The number of aryl methyl sites for hydroxylation is 2. The molecule has 0 saturated heterocycles. The summed E-state index contributed by atoms with van der Waals surface area (Å²) in [6.45, 7) is 7.00. The zero-order chi connectivity index (χ0) is 20.0. The molecule has 0 aliphatic rings. The molecule has 1 aromatic heterocycles. The first-order valence-electron chi connectivity index (χ1n) is 8.94. The van der Waals surface area contributed by atoms with Crippen LogP contribution in [0.4, 0.5) is 0 Å². The van der Waals surface area contributed by atoms with Crippen molar-refractivity contribution in [3.05, 3.63) is 52.3 Å². The maximum atomic E-state index is 12.3. The Balaban J connectivity index is 1.92. The van der Waals surface area contributed by atoms with Gasteiger partial charge in [-0.1, -0.05) is 18.2 Å². The number of rotatable bonds is 9. The summed E-state index contributed by atoms with van der Waals surface area (Å²) < 4.78 is 10.6. The van der Waals surface area contributed by atoms with Crippen LogP contribution in [0.1, 0.15) is 57.9 Å². The van der Waals surface area contributed by atoms with Crippen LogP contribution in [-0.2, 0) is 16.0 Å². The predicted octanol–water partition coefficient (Wildman–Crippen LogP) is 3.59. The van der Waals surface area contributed by atoms with E-state index in [2.05, 4.69) is 4.98 Å². The number of aromatic nitrogens is 1. The van der Waals surface area contributed by atoms with Gasteiger partial charge in [0.2, 0.25) is 5.78 Å². The first kappa shape index (κ1) is 20.4. The van der Waals surface area contributed by atoms with E-state index in [1.54, 1.807) is 13.8 Å². The van der Waals surface area contributed by atoms with Crippen molar-refractivity contribution in [2.45, 2.75) is 40.5 Å². The Morgan fingerprint density at radius 2 is 1.81 bits per heavy atom. The summed E-state index contributed by atoms with van der Waals surface area (Å²) in [6.07, 6.45) is 0.622. The van der Waals surface area contributed by atoms with E-state index in [0.29, 0.717) is 35.5 Å². The summed E-state index contributed by atoms with van der Waals surface area (Å²) >= 11 is 0. The molecule has 0 aliphatic heterocycles. The van der Waals surface area contributed by atoms with Crippen molar-refractivity contribution in [1.29, 1.82) is 0 Å². The number of Topliss-reactive ketones (excluding diaryl/α,β-unsaturated/α-hetero) is 2. The number of carbonyl (C=O) groups is 3. The lowest BCUT2D eigenvalue weighted by molar-refractivity contribution is -0.142. The molecule has 0 unspecified atom stereocenters. The van der Waals surface area contributed by atoms with Gasteiger partial charge in [-0.3, -0.25) is 14.4 Å². The Bertz CT molecular complexity index is 850. The first-order valence-corrected chi connectivity index (χ1v) is 8.94. The molecule has 0 saturated carbocycles. The lowest BCUT2D eigenvalue weighted by Gasteiger charge is -2.09. The number of esters is 1. The van der Waals surface area contributed by atoms with Gasteiger partial charge in [0.05, 0.1) is 12.3 Å². The van der Waals surface area contributed by atoms with Crippen molar-refractivity contribution in [2.24, 2.45) is 0 Å². The van der Waals surface area contributed by atoms with Crippen LogP contribution in [0.5, 0.6) is 5.75 Å². The van der Waals surface area contributed by atoms with Crippen LogP contribution in [-0.4, -0.2) is 35.7 Å². The Hall–Kier alpha value is -2.89. The van der Waals surface area contributed by atoms with Gasteiger partial charge in [-0.05, 0) is 51.3 Å². The molecule has 0 spiro atoms. The van der Waals surface area contributed by atoms with Crippen molar-refractivity contribution < 1.29 is 23.9 Å². The average Bonchev–Trinajstić information content (AvgIpc) is 2.93. The molecule has 0 bridgehead atoms. The SMILES string of the molecule is CCOc1ccccc1CCC(=O)OCC(=O)c1[nH]c(C)c(C(C)=O)c1C. The number of ketones is 2. The van der Waals surface area contributed by atoms with Gasteiger partial charge >= 0.3 is 5.97 Å². The van der Waals surface area contributed by atoms with Crippen LogP contribution in [0, 0.1) is 13.8 Å². The molecule has 1 aromatic carbocycles. The number of hydrogen-bond donors (Lipinski definition) is 1. The van der Waals surface area contributed by atoms with Gasteiger partial charge in [-0.2, -0.15) is 0 Å². The molecule has 27 heavy (non-hydrogen) atoms. The molecule has 1 heterocycles. The molecule has 0 amide bonds. The van der Waals surface area contributed by atoms with E-state index in [1.807, 2.05) is 31.2 Å². The molecular weight excluding hydrogens is 346 g/mol. The first-order chi connectivity index (χ1) is 12.8. The lowest BCUT2D eigenvalue weighted by Crippen LogP contribution is -2.16. The Labute approximate surface area is 158 Å². The van der Waals surface area contributed by atoms with Crippen molar-refractivity contribution in [1.82, 2.24) is 4.98 Å². The van der Waals surface area contributed by atoms with Crippen LogP contribution in [0.15, 0.2) is 24.3 Å². The average molecular weight is 371 g/mol. The summed E-state index contributed by atoms with van der Waals surface area (Å²) in [5.74, 6) is -0.170. The molecule has 0 aliphatic carbocycles. The second-order valence-electron chi connectivity index (χ2n) is 6.31. The van der Waals surface area contributed by atoms with Crippen LogP contribution >= 0.6 is 0 Å². The van der Waals surface area contributed by atoms with Crippen molar-refractivity contribution in [3.8, 4) is 5.75 Å². The van der Waals surface area contributed by atoms with E-state index < -0.39 is 5.97 Å². The molecule has 6 nitrogen and oxygen atoms in total. The summed E-state index contributed by atoms with van der Waals surface area (Å²) in [4.78, 5) is 38.9. The summed E-state index contributed by atoms with van der Waals surface area (Å²) in [5.41, 5.74) is 2.97. The molecule has 0 radical (unpaired) electrons. The van der Waals surface area contributed by atoms with Crippen LogP contribution < -0.4 is 4.74 Å². The fraction of sp³-hybridized carbons (Fsp3) is 0.381. The van der Waals surface area contributed by atoms with E-state index in [0.717, 1.165) is 11.3 Å². The van der Waals surface area contributed by atoms with Gasteiger partial charge < -0.3 is 14.5 Å². The van der Waals surface area contributed by atoms with Gasteiger partial charge in [0, 0.05) is 17.7 Å². The number of para-hydroxylation sites is 1. The van der Waals surface area contributed by atoms with E-state index in [4.69, 9.17) is 9.47 Å². The van der Waals surface area contributed by atoms with Gasteiger partial charge in [0.25, 0.3) is 0 Å². The third kappa shape index (κ3) is 5.06. The van der Waals surface area contributed by atoms with Crippen molar-refractivity contribution in [3.63, 3.8) is 0 Å². The molecular formula is C21H25NO5. The standard InChI is InChI=1S/C21H25NO5/c1-5-26-18-9-7-6-8-16(18)10-11-19(25)27-12-17(24)21-13(2)20(15(4)23)14(3)22-21/h6-9,22H,5,10-12H2,1-4H3. The number of carbonyl (C=O) groups excluding carboxylic acids is 3. The maximum absolute atomic E-state index is 12.3. The largest absolute Gasteiger partial charge is 0.494 e. The maximum Gasteiger partial charge on any atom is 0.306 e. The fourth-order valence-corrected chi connectivity index (χ4v) is 3.09. The van der Waals surface area contributed by atoms with Gasteiger partial charge in [-0.15, -0.1) is 0 Å². The molecule has 2 rings (SSSR count). The highest BCUT2D eigenvalue weighted by Crippen LogP contribution is 2.20. The molecule has 0 fully saturated rings. The second kappa shape index (κ2) is 9.16. The zero-order valence-electron chi connectivity index (χ0n) is 16.2. The Kier molecular flexibility index (Phi) is 6.93. The number of aromatic amines is 1. The number of nitrogens with one attached hydrogen (secondary N) is 1. The minimum atomic E-state index is -0.456. The Morgan fingerprint density at radius 3 is 2.44 bits per heavy atom. The number of benzene rings is 1. The molecule has 0 atom stereocenters. The zero-order valence-corrected chi connectivity index (χ0v) is 16.2. The lowest BCUT2D eigenvalue weighted by atomic mass is 10.1.